The molecule has 0 aromatic rings. The van der Waals surface area contributed by atoms with Gasteiger partial charge in [-0.25, -0.2) is 0 Å². The maximum atomic E-state index is 12.2. The van der Waals surface area contributed by atoms with Gasteiger partial charge in [-0.15, -0.1) is 0 Å². The highest BCUT2D eigenvalue weighted by molar-refractivity contribution is 5.70. The van der Waals surface area contributed by atoms with E-state index in [9.17, 15) is 14.7 Å². The molecule has 0 amide bonds. The van der Waals surface area contributed by atoms with Crippen LogP contribution in [0.3, 0.4) is 0 Å². The molecule has 0 rings (SSSR count). The Labute approximate surface area is 268 Å². The summed E-state index contributed by atoms with van der Waals surface area (Å²) in [6.45, 7) is 6.55. The topological polar surface area (TPSA) is 72.8 Å². The van der Waals surface area contributed by atoms with Gasteiger partial charge >= 0.3 is 11.9 Å². The molecule has 256 valence electrons. The van der Waals surface area contributed by atoms with Crippen LogP contribution in [0.25, 0.3) is 0 Å². The summed E-state index contributed by atoms with van der Waals surface area (Å²) in [5, 5.41) is 9.54. The molecular weight excluding hydrogens is 536 g/mol. The van der Waals surface area contributed by atoms with E-state index in [0.29, 0.717) is 12.8 Å². The second kappa shape index (κ2) is 33.8. The third-order valence-corrected chi connectivity index (χ3v) is 8.79. The molecule has 0 spiro atoms. The number of hydrogen-bond donors (Lipinski definition) is 1. The number of aliphatic hydroxyl groups is 1. The van der Waals surface area contributed by atoms with Gasteiger partial charge in [-0.05, 0) is 18.8 Å². The SMILES string of the molecule is CCCCCCCCCCCCCCCC(=O)OC[C@H](CO)OC(=O)CCCCCCCCC(C)CCCCCCCC. The Bertz CT molecular complexity index is 593. The van der Waals surface area contributed by atoms with Crippen LogP contribution in [0.15, 0.2) is 0 Å². The fraction of sp³-hybridized carbons (Fsp3) is 0.947. The molecule has 0 radical (unpaired) electrons. The molecule has 0 fully saturated rings. The first kappa shape index (κ1) is 41.9. The van der Waals surface area contributed by atoms with Gasteiger partial charge in [0.2, 0.25) is 0 Å². The molecule has 0 aromatic heterocycles. The lowest BCUT2D eigenvalue weighted by Gasteiger charge is -2.15. The normalized spacial score (nSPS) is 12.7. The maximum Gasteiger partial charge on any atom is 0.306 e. The first-order valence-electron chi connectivity index (χ1n) is 19.0. The minimum Gasteiger partial charge on any atom is -0.462 e. The van der Waals surface area contributed by atoms with Crippen molar-refractivity contribution in [3.8, 4) is 0 Å². The quantitative estimate of drug-likeness (QED) is 0.0579. The van der Waals surface area contributed by atoms with Gasteiger partial charge in [0.1, 0.15) is 6.61 Å². The zero-order chi connectivity index (χ0) is 31.6. The van der Waals surface area contributed by atoms with Crippen LogP contribution in [-0.2, 0) is 19.1 Å². The van der Waals surface area contributed by atoms with E-state index in [1.165, 1.54) is 141 Å². The molecule has 43 heavy (non-hydrogen) atoms. The molecule has 0 bridgehead atoms. The number of hydrogen-bond acceptors (Lipinski definition) is 5. The average Bonchev–Trinajstić information content (AvgIpc) is 3.00. The van der Waals surface area contributed by atoms with E-state index < -0.39 is 6.10 Å². The molecule has 0 saturated carbocycles. The van der Waals surface area contributed by atoms with Crippen molar-refractivity contribution < 1.29 is 24.2 Å². The van der Waals surface area contributed by atoms with E-state index in [-0.39, 0.29) is 25.2 Å². The monoisotopic (exact) mass is 611 g/mol. The maximum absolute atomic E-state index is 12.2. The molecule has 0 aliphatic rings. The van der Waals surface area contributed by atoms with Crippen molar-refractivity contribution in [2.75, 3.05) is 13.2 Å². The van der Waals surface area contributed by atoms with Crippen LogP contribution in [0.1, 0.15) is 207 Å². The van der Waals surface area contributed by atoms with E-state index in [4.69, 9.17) is 9.47 Å². The molecule has 0 aromatic carbocycles. The molecule has 1 N–H and O–H groups in total. The Kier molecular flexibility index (Phi) is 32.9. The van der Waals surface area contributed by atoms with Crippen molar-refractivity contribution in [1.82, 2.24) is 0 Å². The highest BCUT2D eigenvalue weighted by atomic mass is 16.6. The summed E-state index contributed by atoms with van der Waals surface area (Å²) in [7, 11) is 0. The van der Waals surface area contributed by atoms with E-state index >= 15 is 0 Å². The van der Waals surface area contributed by atoms with Gasteiger partial charge in [-0.3, -0.25) is 9.59 Å². The summed E-state index contributed by atoms with van der Waals surface area (Å²) >= 11 is 0. The molecule has 0 aliphatic heterocycles. The van der Waals surface area contributed by atoms with Gasteiger partial charge in [0, 0.05) is 12.8 Å². The van der Waals surface area contributed by atoms with Crippen LogP contribution in [0, 0.1) is 5.92 Å². The smallest absolute Gasteiger partial charge is 0.306 e. The van der Waals surface area contributed by atoms with Gasteiger partial charge in [0.05, 0.1) is 6.61 Å². The first-order valence-corrected chi connectivity index (χ1v) is 19.0. The zero-order valence-electron chi connectivity index (χ0n) is 29.2. The summed E-state index contributed by atoms with van der Waals surface area (Å²) in [5.41, 5.74) is 0. The van der Waals surface area contributed by atoms with Crippen LogP contribution in [0.5, 0.6) is 0 Å². The van der Waals surface area contributed by atoms with Crippen LogP contribution in [0.2, 0.25) is 0 Å². The third-order valence-electron chi connectivity index (χ3n) is 8.79. The highest BCUT2D eigenvalue weighted by Crippen LogP contribution is 2.19. The Hall–Kier alpha value is -1.10. The lowest BCUT2D eigenvalue weighted by molar-refractivity contribution is -0.161. The summed E-state index contributed by atoms with van der Waals surface area (Å²) in [4.78, 5) is 24.2. The number of rotatable bonds is 34. The van der Waals surface area contributed by atoms with Crippen molar-refractivity contribution in [2.24, 2.45) is 5.92 Å². The summed E-state index contributed by atoms with van der Waals surface area (Å²) in [5.74, 6) is 0.267. The van der Waals surface area contributed by atoms with Gasteiger partial charge < -0.3 is 14.6 Å². The van der Waals surface area contributed by atoms with Gasteiger partial charge in [0.25, 0.3) is 0 Å². The molecule has 1 unspecified atom stereocenters. The van der Waals surface area contributed by atoms with Crippen molar-refractivity contribution in [2.45, 2.75) is 213 Å². The second-order valence-corrected chi connectivity index (χ2v) is 13.3. The van der Waals surface area contributed by atoms with Crippen molar-refractivity contribution in [3.63, 3.8) is 0 Å². The largest absolute Gasteiger partial charge is 0.462 e. The fourth-order valence-corrected chi connectivity index (χ4v) is 5.80. The predicted molar refractivity (Wildman–Crippen MR) is 182 cm³/mol. The molecular formula is C38H74O5. The minimum absolute atomic E-state index is 0.0587. The number of unbranched alkanes of at least 4 members (excludes halogenated alkanes) is 22. The molecule has 5 heteroatoms. The van der Waals surface area contributed by atoms with Crippen molar-refractivity contribution in [1.29, 1.82) is 0 Å². The van der Waals surface area contributed by atoms with E-state index in [2.05, 4.69) is 20.8 Å². The van der Waals surface area contributed by atoms with Gasteiger partial charge in [-0.1, -0.05) is 181 Å². The van der Waals surface area contributed by atoms with E-state index in [1.54, 1.807) is 0 Å². The Morgan fingerprint density at radius 3 is 1.26 bits per heavy atom. The predicted octanol–water partition coefficient (Wildman–Crippen LogP) is 11.4. The van der Waals surface area contributed by atoms with Crippen molar-refractivity contribution >= 4 is 11.9 Å². The van der Waals surface area contributed by atoms with E-state index in [0.717, 1.165) is 38.0 Å². The molecule has 0 saturated heterocycles. The van der Waals surface area contributed by atoms with Crippen molar-refractivity contribution in [3.05, 3.63) is 0 Å². The molecule has 0 aliphatic carbocycles. The Balaban J connectivity index is 3.58. The number of aliphatic hydroxyl groups excluding tert-OH is 1. The average molecular weight is 611 g/mol. The lowest BCUT2D eigenvalue weighted by atomic mass is 9.96. The Morgan fingerprint density at radius 2 is 0.860 bits per heavy atom. The van der Waals surface area contributed by atoms with Crippen LogP contribution >= 0.6 is 0 Å². The summed E-state index contributed by atoms with van der Waals surface area (Å²) in [6, 6.07) is 0. The number of ether oxygens (including phenoxy) is 2. The number of esters is 2. The van der Waals surface area contributed by atoms with E-state index in [1.807, 2.05) is 0 Å². The fourth-order valence-electron chi connectivity index (χ4n) is 5.80. The van der Waals surface area contributed by atoms with Crippen LogP contribution in [-0.4, -0.2) is 36.4 Å². The molecule has 5 nitrogen and oxygen atoms in total. The Morgan fingerprint density at radius 1 is 0.512 bits per heavy atom. The third kappa shape index (κ3) is 32.1. The highest BCUT2D eigenvalue weighted by Gasteiger charge is 2.16. The zero-order valence-corrected chi connectivity index (χ0v) is 29.2. The first-order chi connectivity index (χ1) is 21.0. The number of carbonyl (C=O) groups excluding carboxylic acids is 2. The minimum atomic E-state index is -0.763. The summed E-state index contributed by atoms with van der Waals surface area (Å²) in [6.07, 6.45) is 34.3. The van der Waals surface area contributed by atoms with Crippen LogP contribution < -0.4 is 0 Å². The number of carbonyl (C=O) groups is 2. The second-order valence-electron chi connectivity index (χ2n) is 13.3. The standard InChI is InChI=1S/C38H74O5/c1-4-6-8-10-12-13-14-15-16-17-18-23-27-31-37(40)42-34-36(33-39)43-38(41)32-28-24-20-19-22-26-30-35(3)29-25-21-11-9-7-5-2/h35-36,39H,4-34H2,1-3H3/t35?,36-/m0/s1. The molecule has 2 atom stereocenters. The lowest BCUT2D eigenvalue weighted by Crippen LogP contribution is -2.28. The van der Waals surface area contributed by atoms with Gasteiger partial charge in [0.15, 0.2) is 6.10 Å². The summed E-state index contributed by atoms with van der Waals surface area (Å²) < 4.78 is 10.6. The molecule has 0 heterocycles. The van der Waals surface area contributed by atoms with Gasteiger partial charge in [-0.2, -0.15) is 0 Å². The van der Waals surface area contributed by atoms with Crippen LogP contribution in [0.4, 0.5) is 0 Å².